The van der Waals surface area contributed by atoms with Crippen LogP contribution >= 0.6 is 0 Å². The van der Waals surface area contributed by atoms with Crippen LogP contribution < -0.4 is 10.6 Å². The van der Waals surface area contributed by atoms with Crippen LogP contribution in [0.3, 0.4) is 0 Å². The average molecular weight is 493 g/mol. The molecule has 0 bridgehead atoms. The molecule has 2 amide bonds. The number of pyridine rings is 1. The number of hydrogen-bond donors (Lipinski definition) is 2. The van der Waals surface area contributed by atoms with Crippen LogP contribution in [0.4, 0.5) is 33.7 Å². The summed E-state index contributed by atoms with van der Waals surface area (Å²) in [5, 5.41) is 17.8. The number of nitrogens with one attached hydrogen (secondary N) is 2. The third kappa shape index (κ3) is 4.69. The molecule has 2 aromatic carbocycles. The Bertz CT molecular complexity index is 1570. The van der Waals surface area contributed by atoms with Gasteiger partial charge < -0.3 is 10.6 Å². The van der Waals surface area contributed by atoms with Crippen molar-refractivity contribution in [3.05, 3.63) is 90.5 Å². The van der Waals surface area contributed by atoms with Crippen LogP contribution in [-0.4, -0.2) is 30.8 Å². The van der Waals surface area contributed by atoms with Crippen LogP contribution in [0.5, 0.6) is 0 Å². The summed E-state index contributed by atoms with van der Waals surface area (Å²) in [6, 6.07) is 15.2. The summed E-state index contributed by atoms with van der Waals surface area (Å²) in [6.07, 6.45) is -1.62. The number of alkyl halides is 3. The van der Waals surface area contributed by atoms with E-state index in [0.717, 1.165) is 11.6 Å². The van der Waals surface area contributed by atoms with Crippen LogP contribution in [0.1, 0.15) is 5.56 Å². The highest BCUT2D eigenvalue weighted by Crippen LogP contribution is 2.33. The Morgan fingerprint density at radius 2 is 1.58 bits per heavy atom. The number of aromatic nitrogens is 5. The number of carbonyl (C=O) groups is 1. The van der Waals surface area contributed by atoms with Crippen LogP contribution in [0.2, 0.25) is 0 Å². The lowest BCUT2D eigenvalue weighted by Gasteiger charge is -2.12. The first-order valence-corrected chi connectivity index (χ1v) is 10.5. The van der Waals surface area contributed by atoms with E-state index < -0.39 is 23.6 Å². The first-order chi connectivity index (χ1) is 17.3. The number of urea groups is 1. The molecule has 0 aliphatic carbocycles. The van der Waals surface area contributed by atoms with Gasteiger partial charge in [0.25, 0.3) is 0 Å². The lowest BCUT2D eigenvalue weighted by atomic mass is 10.1. The molecule has 0 saturated heterocycles. The van der Waals surface area contributed by atoms with Gasteiger partial charge in [-0.05, 0) is 54.6 Å². The summed E-state index contributed by atoms with van der Waals surface area (Å²) in [5.74, 6) is -0.897. The molecule has 0 aliphatic heterocycles. The van der Waals surface area contributed by atoms with E-state index in [1.165, 1.54) is 0 Å². The molecule has 0 radical (unpaired) electrons. The molecule has 36 heavy (non-hydrogen) atoms. The molecule has 0 saturated carbocycles. The number of rotatable bonds is 4. The van der Waals surface area contributed by atoms with Crippen LogP contribution in [0, 0.1) is 5.82 Å². The van der Waals surface area contributed by atoms with Gasteiger partial charge in [0.2, 0.25) is 0 Å². The number of anilines is 2. The fourth-order valence-electron chi connectivity index (χ4n) is 3.49. The van der Waals surface area contributed by atoms with E-state index in [2.05, 4.69) is 30.9 Å². The maximum Gasteiger partial charge on any atom is 0.419 e. The van der Waals surface area contributed by atoms with Crippen molar-refractivity contribution in [2.75, 3.05) is 10.6 Å². The van der Waals surface area contributed by atoms with Gasteiger partial charge in [-0.3, -0.25) is 4.98 Å². The molecule has 0 fully saturated rings. The fourth-order valence-corrected chi connectivity index (χ4v) is 3.49. The number of carbonyl (C=O) groups excluding carboxylic acids is 1. The molecule has 5 aromatic rings. The molecule has 0 aliphatic rings. The van der Waals surface area contributed by atoms with Crippen molar-refractivity contribution in [3.63, 3.8) is 0 Å². The molecule has 5 rings (SSSR count). The maximum atomic E-state index is 13.5. The monoisotopic (exact) mass is 493 g/mol. The van der Waals surface area contributed by atoms with E-state index in [1.807, 2.05) is 0 Å². The predicted octanol–water partition coefficient (Wildman–Crippen LogP) is 5.66. The van der Waals surface area contributed by atoms with Crippen molar-refractivity contribution < 1.29 is 22.4 Å². The molecule has 8 nitrogen and oxygen atoms in total. The Morgan fingerprint density at radius 3 is 2.33 bits per heavy atom. The number of benzene rings is 2. The SMILES string of the molecule is O=C(Nc1cccc(-c2ccc3nnc(-c4ccncc4)n3n2)c1)Nc1ccc(F)c(C(F)(F)F)c1. The molecule has 2 N–H and O–H groups in total. The van der Waals surface area contributed by atoms with Crippen LogP contribution in [0.15, 0.2) is 79.1 Å². The molecule has 0 unspecified atom stereocenters. The highest BCUT2D eigenvalue weighted by atomic mass is 19.4. The Hall–Kier alpha value is -4.87. The minimum atomic E-state index is -4.89. The van der Waals surface area contributed by atoms with Gasteiger partial charge in [-0.15, -0.1) is 10.2 Å². The zero-order valence-corrected chi connectivity index (χ0v) is 18.2. The molecule has 3 heterocycles. The third-order valence-electron chi connectivity index (χ3n) is 5.15. The number of fused-ring (bicyclic) bond motifs is 1. The van der Waals surface area contributed by atoms with Crippen LogP contribution in [-0.2, 0) is 6.18 Å². The van der Waals surface area contributed by atoms with Gasteiger partial charge in [0.1, 0.15) is 5.82 Å². The molecule has 180 valence electrons. The van der Waals surface area contributed by atoms with Crippen molar-refractivity contribution in [2.24, 2.45) is 0 Å². The van der Waals surface area contributed by atoms with Crippen molar-refractivity contribution in [2.45, 2.75) is 6.18 Å². The van der Waals surface area contributed by atoms with Crippen molar-refractivity contribution in [1.29, 1.82) is 0 Å². The topological polar surface area (TPSA) is 97.1 Å². The molecular weight excluding hydrogens is 478 g/mol. The number of nitrogens with zero attached hydrogens (tertiary/aromatic N) is 5. The number of amides is 2. The Morgan fingerprint density at radius 1 is 0.833 bits per heavy atom. The highest BCUT2D eigenvalue weighted by molar-refractivity contribution is 6.00. The Balaban J connectivity index is 1.37. The second-order valence-electron chi connectivity index (χ2n) is 7.60. The van der Waals surface area contributed by atoms with E-state index in [1.54, 1.807) is 65.4 Å². The normalized spacial score (nSPS) is 11.4. The fraction of sp³-hybridized carbons (Fsp3) is 0.0417. The van der Waals surface area contributed by atoms with Gasteiger partial charge in [0.05, 0.1) is 11.3 Å². The van der Waals surface area contributed by atoms with E-state index in [-0.39, 0.29) is 5.69 Å². The standard InChI is InChI=1S/C24H15F4N7O/c25-19-5-4-17(13-18(19)24(26,27)28)31-23(36)30-16-3-1-2-15(12-16)20-6-7-21-32-33-22(35(21)34-20)14-8-10-29-11-9-14/h1-13H,(H2,30,31,36). The van der Waals surface area contributed by atoms with Gasteiger partial charge in [-0.2, -0.15) is 22.8 Å². The minimum Gasteiger partial charge on any atom is -0.308 e. The van der Waals surface area contributed by atoms with Crippen LogP contribution in [0.25, 0.3) is 28.3 Å². The van der Waals surface area contributed by atoms with E-state index in [4.69, 9.17) is 0 Å². The average Bonchev–Trinajstić information content (AvgIpc) is 3.28. The Labute approximate surface area is 200 Å². The molecule has 0 spiro atoms. The van der Waals surface area contributed by atoms with Gasteiger partial charge >= 0.3 is 12.2 Å². The first-order valence-electron chi connectivity index (χ1n) is 10.5. The molecular formula is C24H15F4N7O. The molecule has 12 heteroatoms. The predicted molar refractivity (Wildman–Crippen MR) is 123 cm³/mol. The molecule has 3 aromatic heterocycles. The second-order valence-corrected chi connectivity index (χ2v) is 7.60. The van der Waals surface area contributed by atoms with Crippen molar-refractivity contribution >= 4 is 23.1 Å². The van der Waals surface area contributed by atoms with E-state index in [9.17, 15) is 22.4 Å². The zero-order valence-electron chi connectivity index (χ0n) is 18.2. The highest BCUT2D eigenvalue weighted by Gasteiger charge is 2.34. The number of hydrogen-bond acceptors (Lipinski definition) is 5. The summed E-state index contributed by atoms with van der Waals surface area (Å²) >= 11 is 0. The maximum absolute atomic E-state index is 13.5. The first kappa shape index (κ1) is 22.9. The minimum absolute atomic E-state index is 0.208. The second kappa shape index (κ2) is 9.06. The summed E-state index contributed by atoms with van der Waals surface area (Å²) in [7, 11) is 0. The summed E-state index contributed by atoms with van der Waals surface area (Å²) in [5.41, 5.74) is 1.23. The quantitative estimate of drug-likeness (QED) is 0.315. The zero-order chi connectivity index (χ0) is 25.3. The van der Waals surface area contributed by atoms with Gasteiger partial charge in [-0.1, -0.05) is 12.1 Å². The molecule has 0 atom stereocenters. The van der Waals surface area contributed by atoms with Crippen molar-refractivity contribution in [3.8, 4) is 22.6 Å². The van der Waals surface area contributed by atoms with E-state index >= 15 is 0 Å². The largest absolute Gasteiger partial charge is 0.419 e. The van der Waals surface area contributed by atoms with Gasteiger partial charge in [0.15, 0.2) is 11.5 Å². The number of halogens is 4. The summed E-state index contributed by atoms with van der Waals surface area (Å²) in [4.78, 5) is 16.4. The lowest BCUT2D eigenvalue weighted by molar-refractivity contribution is -0.139. The summed E-state index contributed by atoms with van der Waals surface area (Å²) in [6.45, 7) is 0. The van der Waals surface area contributed by atoms with Gasteiger partial charge in [-0.25, -0.2) is 9.18 Å². The Kier molecular flexibility index (Phi) is 5.76. The van der Waals surface area contributed by atoms with E-state index in [0.29, 0.717) is 40.5 Å². The lowest BCUT2D eigenvalue weighted by Crippen LogP contribution is -2.20. The third-order valence-corrected chi connectivity index (χ3v) is 5.15. The smallest absolute Gasteiger partial charge is 0.308 e. The van der Waals surface area contributed by atoms with Gasteiger partial charge in [0, 0.05) is 34.9 Å². The van der Waals surface area contributed by atoms with Crippen molar-refractivity contribution in [1.82, 2.24) is 24.8 Å². The summed E-state index contributed by atoms with van der Waals surface area (Å²) < 4.78 is 53.9.